The topological polar surface area (TPSA) is 34.1 Å². The van der Waals surface area contributed by atoms with Gasteiger partial charge in [-0.1, -0.05) is 13.8 Å². The summed E-state index contributed by atoms with van der Waals surface area (Å²) >= 11 is 0. The second kappa shape index (κ2) is 6.74. The van der Waals surface area contributed by atoms with E-state index in [9.17, 15) is 0 Å². The summed E-state index contributed by atoms with van der Waals surface area (Å²) in [4.78, 5) is 4.25. The molecule has 0 bridgehead atoms. The van der Waals surface area contributed by atoms with Gasteiger partial charge in [-0.3, -0.25) is 0 Å². The van der Waals surface area contributed by atoms with E-state index in [0.717, 1.165) is 37.4 Å². The van der Waals surface area contributed by atoms with E-state index in [2.05, 4.69) is 30.2 Å². The number of pyridine rings is 1. The zero-order valence-corrected chi connectivity index (χ0v) is 11.5. The summed E-state index contributed by atoms with van der Waals surface area (Å²) in [6.45, 7) is 6.17. The van der Waals surface area contributed by atoms with Crippen molar-refractivity contribution in [2.75, 3.05) is 6.61 Å². The van der Waals surface area contributed by atoms with Gasteiger partial charge in [0.1, 0.15) is 0 Å². The van der Waals surface area contributed by atoms with Crippen molar-refractivity contribution in [3.63, 3.8) is 0 Å². The number of hydrogen-bond donors (Lipinski definition) is 1. The van der Waals surface area contributed by atoms with Crippen LogP contribution in [0.4, 0.5) is 0 Å². The SMILES string of the molecule is CC(C)CCCOc1cc(CNC2CC2)ccn1. The molecule has 1 fully saturated rings. The van der Waals surface area contributed by atoms with Crippen molar-refractivity contribution < 1.29 is 4.74 Å². The Morgan fingerprint density at radius 3 is 3.00 bits per heavy atom. The summed E-state index contributed by atoms with van der Waals surface area (Å²) < 4.78 is 5.68. The molecule has 18 heavy (non-hydrogen) atoms. The average molecular weight is 248 g/mol. The lowest BCUT2D eigenvalue weighted by Gasteiger charge is -2.08. The molecule has 1 aromatic rings. The van der Waals surface area contributed by atoms with Crippen LogP contribution in [0.2, 0.25) is 0 Å². The first kappa shape index (κ1) is 13.3. The highest BCUT2D eigenvalue weighted by molar-refractivity contribution is 5.20. The number of hydrogen-bond acceptors (Lipinski definition) is 3. The number of ether oxygens (including phenoxy) is 1. The summed E-state index contributed by atoms with van der Waals surface area (Å²) in [6.07, 6.45) is 6.79. The van der Waals surface area contributed by atoms with E-state index in [-0.39, 0.29) is 0 Å². The van der Waals surface area contributed by atoms with E-state index >= 15 is 0 Å². The van der Waals surface area contributed by atoms with Crippen LogP contribution in [-0.4, -0.2) is 17.6 Å². The van der Waals surface area contributed by atoms with Gasteiger partial charge in [0.2, 0.25) is 5.88 Å². The molecule has 1 saturated carbocycles. The Labute approximate surface area is 110 Å². The zero-order chi connectivity index (χ0) is 12.8. The van der Waals surface area contributed by atoms with Gasteiger partial charge >= 0.3 is 0 Å². The predicted octanol–water partition coefficient (Wildman–Crippen LogP) is 3.15. The molecular weight excluding hydrogens is 224 g/mol. The zero-order valence-electron chi connectivity index (χ0n) is 11.5. The fraction of sp³-hybridized carbons (Fsp3) is 0.667. The number of aromatic nitrogens is 1. The largest absolute Gasteiger partial charge is 0.478 e. The second-order valence-electron chi connectivity index (χ2n) is 5.54. The smallest absolute Gasteiger partial charge is 0.213 e. The molecule has 0 radical (unpaired) electrons. The minimum Gasteiger partial charge on any atom is -0.478 e. The maximum atomic E-state index is 5.68. The molecule has 0 saturated heterocycles. The number of nitrogens with zero attached hydrogens (tertiary/aromatic N) is 1. The van der Waals surface area contributed by atoms with Crippen molar-refractivity contribution in [3.05, 3.63) is 23.9 Å². The van der Waals surface area contributed by atoms with Crippen LogP contribution in [0.3, 0.4) is 0 Å². The van der Waals surface area contributed by atoms with Crippen molar-refractivity contribution >= 4 is 0 Å². The van der Waals surface area contributed by atoms with Gasteiger partial charge in [0, 0.05) is 24.8 Å². The minimum absolute atomic E-state index is 0.744. The Kier molecular flexibility index (Phi) is 5.00. The maximum Gasteiger partial charge on any atom is 0.213 e. The Morgan fingerprint density at radius 2 is 2.28 bits per heavy atom. The summed E-state index contributed by atoms with van der Waals surface area (Å²) in [5.74, 6) is 1.50. The fourth-order valence-corrected chi connectivity index (χ4v) is 1.86. The van der Waals surface area contributed by atoms with E-state index in [4.69, 9.17) is 4.74 Å². The molecule has 0 aromatic carbocycles. The molecule has 100 valence electrons. The van der Waals surface area contributed by atoms with Crippen LogP contribution in [0.1, 0.15) is 45.1 Å². The van der Waals surface area contributed by atoms with Crippen LogP contribution < -0.4 is 10.1 Å². The first-order chi connectivity index (χ1) is 8.74. The predicted molar refractivity (Wildman–Crippen MR) is 73.7 cm³/mol. The van der Waals surface area contributed by atoms with Crippen LogP contribution in [-0.2, 0) is 6.54 Å². The van der Waals surface area contributed by atoms with E-state index in [1.54, 1.807) is 0 Å². The molecule has 0 atom stereocenters. The Balaban J connectivity index is 1.71. The molecule has 1 aliphatic rings. The van der Waals surface area contributed by atoms with E-state index in [0.29, 0.717) is 0 Å². The van der Waals surface area contributed by atoms with Gasteiger partial charge in [0.25, 0.3) is 0 Å². The maximum absolute atomic E-state index is 5.68. The standard InChI is InChI=1S/C15H24N2O/c1-12(2)4-3-9-18-15-10-13(7-8-16-15)11-17-14-5-6-14/h7-8,10,12,14,17H,3-6,9,11H2,1-2H3. The molecule has 0 amide bonds. The van der Waals surface area contributed by atoms with Gasteiger partial charge in [-0.2, -0.15) is 0 Å². The lowest BCUT2D eigenvalue weighted by atomic mass is 10.1. The molecule has 0 aliphatic heterocycles. The normalized spacial score (nSPS) is 15.1. The summed E-state index contributed by atoms with van der Waals surface area (Å²) in [7, 11) is 0. The molecule has 1 heterocycles. The van der Waals surface area contributed by atoms with Crippen LogP contribution in [0.25, 0.3) is 0 Å². The van der Waals surface area contributed by atoms with Crippen molar-refractivity contribution in [3.8, 4) is 5.88 Å². The van der Waals surface area contributed by atoms with Gasteiger partial charge in [0.05, 0.1) is 6.61 Å². The summed E-state index contributed by atoms with van der Waals surface area (Å²) in [6, 6.07) is 4.84. The third-order valence-corrected chi connectivity index (χ3v) is 3.15. The molecule has 0 spiro atoms. The van der Waals surface area contributed by atoms with Gasteiger partial charge in [0.15, 0.2) is 0 Å². The lowest BCUT2D eigenvalue weighted by molar-refractivity contribution is 0.287. The van der Waals surface area contributed by atoms with E-state index < -0.39 is 0 Å². The molecule has 1 aliphatic carbocycles. The summed E-state index contributed by atoms with van der Waals surface area (Å²) in [5, 5.41) is 3.50. The summed E-state index contributed by atoms with van der Waals surface area (Å²) in [5.41, 5.74) is 1.26. The first-order valence-electron chi connectivity index (χ1n) is 7.05. The number of rotatable bonds is 8. The molecule has 1 N–H and O–H groups in total. The van der Waals surface area contributed by atoms with Crippen LogP contribution in [0.15, 0.2) is 18.3 Å². The van der Waals surface area contributed by atoms with Crippen molar-refractivity contribution in [1.82, 2.24) is 10.3 Å². The number of nitrogens with one attached hydrogen (secondary N) is 1. The van der Waals surface area contributed by atoms with Crippen molar-refractivity contribution in [2.45, 2.75) is 52.1 Å². The Hall–Kier alpha value is -1.09. The Morgan fingerprint density at radius 1 is 1.44 bits per heavy atom. The van der Waals surface area contributed by atoms with Crippen LogP contribution in [0.5, 0.6) is 5.88 Å². The first-order valence-corrected chi connectivity index (χ1v) is 7.05. The third-order valence-electron chi connectivity index (χ3n) is 3.15. The van der Waals surface area contributed by atoms with Gasteiger partial charge in [-0.25, -0.2) is 4.98 Å². The molecule has 1 aromatic heterocycles. The minimum atomic E-state index is 0.744. The molecule has 3 nitrogen and oxygen atoms in total. The van der Waals surface area contributed by atoms with Crippen LogP contribution >= 0.6 is 0 Å². The molecule has 0 unspecified atom stereocenters. The van der Waals surface area contributed by atoms with E-state index in [1.807, 2.05) is 12.3 Å². The average Bonchev–Trinajstić information content (AvgIpc) is 3.17. The van der Waals surface area contributed by atoms with Crippen LogP contribution in [0, 0.1) is 5.92 Å². The lowest BCUT2D eigenvalue weighted by Crippen LogP contribution is -2.15. The van der Waals surface area contributed by atoms with Crippen molar-refractivity contribution in [1.29, 1.82) is 0 Å². The van der Waals surface area contributed by atoms with Gasteiger partial charge in [-0.05, 0) is 43.2 Å². The Bertz CT molecular complexity index is 361. The highest BCUT2D eigenvalue weighted by atomic mass is 16.5. The molecule has 3 heteroatoms. The van der Waals surface area contributed by atoms with Gasteiger partial charge < -0.3 is 10.1 Å². The monoisotopic (exact) mass is 248 g/mol. The fourth-order valence-electron chi connectivity index (χ4n) is 1.86. The second-order valence-corrected chi connectivity index (χ2v) is 5.54. The quantitative estimate of drug-likeness (QED) is 0.718. The highest BCUT2D eigenvalue weighted by Crippen LogP contribution is 2.19. The third kappa shape index (κ3) is 5.05. The highest BCUT2D eigenvalue weighted by Gasteiger charge is 2.19. The molecule has 2 rings (SSSR count). The van der Waals surface area contributed by atoms with Gasteiger partial charge in [-0.15, -0.1) is 0 Å². The molecular formula is C15H24N2O. The van der Waals surface area contributed by atoms with E-state index in [1.165, 1.54) is 24.8 Å². The van der Waals surface area contributed by atoms with Crippen molar-refractivity contribution in [2.24, 2.45) is 5.92 Å².